The van der Waals surface area contributed by atoms with Crippen molar-refractivity contribution in [2.75, 3.05) is 20.3 Å². The smallest absolute Gasteiger partial charge is 0.302 e. The zero-order chi connectivity index (χ0) is 33.6. The first-order valence-electron chi connectivity index (χ1n) is 14.6. The Morgan fingerprint density at radius 2 is 1.36 bits per heavy atom. The lowest BCUT2D eigenvalue weighted by Gasteiger charge is -2.48. The fraction of sp³-hybridized carbons (Fsp3) is 0.552. The van der Waals surface area contributed by atoms with E-state index in [1.807, 2.05) is 60.7 Å². The number of azide groups is 3. The number of aliphatic hydroxyl groups is 1. The van der Waals surface area contributed by atoms with Gasteiger partial charge in [-0.1, -0.05) is 76.0 Å². The zero-order valence-corrected chi connectivity index (χ0v) is 25.6. The molecule has 2 saturated heterocycles. The Kier molecular flexibility index (Phi) is 13.6. The third kappa shape index (κ3) is 9.54. The molecule has 0 saturated carbocycles. The third-order valence-corrected chi connectivity index (χ3v) is 7.50. The summed E-state index contributed by atoms with van der Waals surface area (Å²) in [4.78, 5) is 20.2. The zero-order valence-electron chi connectivity index (χ0n) is 25.6. The highest BCUT2D eigenvalue weighted by Crippen LogP contribution is 2.35. The van der Waals surface area contributed by atoms with Gasteiger partial charge in [0, 0.05) is 28.8 Å². The molecule has 0 aliphatic carbocycles. The molecule has 10 atom stereocenters. The van der Waals surface area contributed by atoms with E-state index >= 15 is 0 Å². The van der Waals surface area contributed by atoms with Crippen molar-refractivity contribution in [3.63, 3.8) is 0 Å². The molecule has 0 bridgehead atoms. The molecule has 2 aliphatic heterocycles. The number of methoxy groups -OCH3 is 1. The number of rotatable bonds is 15. The second-order valence-electron chi connectivity index (χ2n) is 10.5. The fourth-order valence-electron chi connectivity index (χ4n) is 5.31. The largest absolute Gasteiger partial charge is 0.463 e. The van der Waals surface area contributed by atoms with Crippen molar-refractivity contribution in [2.45, 2.75) is 81.4 Å². The standard InChI is InChI=1S/C29H35N9O9/c1-17(39)42-16-21-24(40)26(22(34-37-31)28(41-2)46-21)47-29-23(35-38-32)27(44-15-19-11-7-4-8-12-19)25(20(45-29)13-33-36-30)43-14-18-9-5-3-6-10-18/h3-12,20-29,40H,13-16H2,1-2H3/t20-,21-,22-,23-,24-,25-,26-,27-,28-,29-/m1/s1. The number of aliphatic hydroxyl groups excluding tert-OH is 1. The number of nitrogens with zero attached hydrogens (tertiary/aromatic N) is 9. The summed E-state index contributed by atoms with van der Waals surface area (Å²) in [7, 11) is 1.29. The van der Waals surface area contributed by atoms with Crippen LogP contribution in [0.3, 0.4) is 0 Å². The highest BCUT2D eigenvalue weighted by atomic mass is 16.7. The van der Waals surface area contributed by atoms with Crippen LogP contribution in [0.25, 0.3) is 31.3 Å². The van der Waals surface area contributed by atoms with Crippen molar-refractivity contribution in [1.29, 1.82) is 0 Å². The Hall–Kier alpha value is -4.44. The maximum atomic E-state index is 11.5. The normalized spacial score (nSPS) is 30.2. The fourth-order valence-corrected chi connectivity index (χ4v) is 5.31. The van der Waals surface area contributed by atoms with Gasteiger partial charge in [0.2, 0.25) is 0 Å². The van der Waals surface area contributed by atoms with E-state index in [2.05, 4.69) is 30.1 Å². The van der Waals surface area contributed by atoms with E-state index < -0.39 is 67.3 Å². The summed E-state index contributed by atoms with van der Waals surface area (Å²) in [6.07, 6.45) is -9.73. The van der Waals surface area contributed by atoms with Gasteiger partial charge in [0.1, 0.15) is 49.2 Å². The van der Waals surface area contributed by atoms with Gasteiger partial charge in [0.25, 0.3) is 0 Å². The second kappa shape index (κ2) is 18.0. The van der Waals surface area contributed by atoms with E-state index in [4.69, 9.17) is 38.7 Å². The highest BCUT2D eigenvalue weighted by Gasteiger charge is 2.52. The van der Waals surface area contributed by atoms with Gasteiger partial charge in [0.05, 0.1) is 25.9 Å². The van der Waals surface area contributed by atoms with Crippen molar-refractivity contribution < 1.29 is 43.1 Å². The number of hydrogen-bond acceptors (Lipinski definition) is 12. The average Bonchev–Trinajstić information content (AvgIpc) is 3.08. The predicted octanol–water partition coefficient (Wildman–Crippen LogP) is 4.23. The van der Waals surface area contributed by atoms with Crippen LogP contribution < -0.4 is 0 Å². The lowest BCUT2D eigenvalue weighted by atomic mass is 9.94. The molecule has 4 rings (SSSR count). The molecular weight excluding hydrogens is 618 g/mol. The van der Waals surface area contributed by atoms with Crippen molar-refractivity contribution >= 4 is 5.97 Å². The molecule has 0 aromatic heterocycles. The summed E-state index contributed by atoms with van der Waals surface area (Å²) in [6, 6.07) is 16.0. The molecule has 2 heterocycles. The molecule has 1 N–H and O–H groups in total. The van der Waals surface area contributed by atoms with Crippen LogP contribution in [0.4, 0.5) is 0 Å². The minimum atomic E-state index is -1.54. The van der Waals surface area contributed by atoms with Gasteiger partial charge >= 0.3 is 5.97 Å². The number of esters is 1. The maximum Gasteiger partial charge on any atom is 0.302 e. The van der Waals surface area contributed by atoms with E-state index in [-0.39, 0.29) is 26.4 Å². The molecule has 250 valence electrons. The summed E-state index contributed by atoms with van der Waals surface area (Å²) in [5.74, 6) is -0.621. The van der Waals surface area contributed by atoms with Crippen molar-refractivity contribution in [1.82, 2.24) is 0 Å². The van der Waals surface area contributed by atoms with E-state index in [0.717, 1.165) is 11.1 Å². The van der Waals surface area contributed by atoms with Crippen LogP contribution in [0.5, 0.6) is 0 Å². The Labute approximate surface area is 269 Å². The SMILES string of the molecule is CO[C@@H]1O[C@H](COC(C)=O)[C@@H](O)[C@H](O[C@H]2O[C@H](CN=[N+]=[N-])[C@@H](OCc3ccccc3)[C@H](OCc3ccccc3)[C@H]2N=[N+]=[N-])[C@H]1N=[N+]=[N-]. The highest BCUT2D eigenvalue weighted by molar-refractivity contribution is 5.65. The van der Waals surface area contributed by atoms with Crippen molar-refractivity contribution in [3.05, 3.63) is 103 Å². The quantitative estimate of drug-likeness (QED) is 0.125. The van der Waals surface area contributed by atoms with Crippen LogP contribution in [0, 0.1) is 0 Å². The van der Waals surface area contributed by atoms with Crippen LogP contribution in [0.1, 0.15) is 18.1 Å². The molecule has 2 aromatic carbocycles. The number of hydrogen-bond donors (Lipinski definition) is 1. The maximum absolute atomic E-state index is 11.5. The van der Waals surface area contributed by atoms with Crippen LogP contribution >= 0.6 is 0 Å². The molecule has 18 nitrogen and oxygen atoms in total. The molecule has 18 heteroatoms. The molecule has 47 heavy (non-hydrogen) atoms. The Balaban J connectivity index is 1.71. The summed E-state index contributed by atoms with van der Waals surface area (Å²) in [5.41, 5.74) is 29.8. The van der Waals surface area contributed by atoms with Gasteiger partial charge in [0.15, 0.2) is 12.6 Å². The van der Waals surface area contributed by atoms with Gasteiger partial charge in [-0.15, -0.1) is 0 Å². The lowest BCUT2D eigenvalue weighted by molar-refractivity contribution is -0.324. The first-order valence-corrected chi connectivity index (χ1v) is 14.6. The van der Waals surface area contributed by atoms with Gasteiger partial charge in [-0.05, 0) is 27.7 Å². The summed E-state index contributed by atoms with van der Waals surface area (Å²) in [6.45, 7) is 0.785. The molecular formula is C29H35N9O9. The van der Waals surface area contributed by atoms with E-state index in [9.17, 15) is 21.0 Å². The molecule has 2 aliphatic rings. The molecule has 2 fully saturated rings. The van der Waals surface area contributed by atoms with Gasteiger partial charge in [-0.2, -0.15) is 0 Å². The summed E-state index contributed by atoms with van der Waals surface area (Å²) >= 11 is 0. The van der Waals surface area contributed by atoms with E-state index in [0.29, 0.717) is 0 Å². The Morgan fingerprint density at radius 1 is 0.809 bits per heavy atom. The summed E-state index contributed by atoms with van der Waals surface area (Å²) in [5, 5.41) is 22.7. The number of benzene rings is 2. The number of ether oxygens (including phenoxy) is 7. The molecule has 2 aromatic rings. The average molecular weight is 654 g/mol. The van der Waals surface area contributed by atoms with Gasteiger partial charge in [-0.25, -0.2) is 0 Å². The monoisotopic (exact) mass is 653 g/mol. The Morgan fingerprint density at radius 3 is 1.89 bits per heavy atom. The Bertz CT molecular complexity index is 1440. The number of carbonyl (C=O) groups excluding carboxylic acids is 1. The van der Waals surface area contributed by atoms with Crippen LogP contribution in [-0.2, 0) is 51.2 Å². The topological polar surface area (TPSA) is 248 Å². The predicted molar refractivity (Wildman–Crippen MR) is 162 cm³/mol. The van der Waals surface area contributed by atoms with Crippen LogP contribution in [0.15, 0.2) is 76.0 Å². The lowest BCUT2D eigenvalue weighted by Crippen LogP contribution is -2.64. The molecule has 0 radical (unpaired) electrons. The van der Waals surface area contributed by atoms with E-state index in [1.54, 1.807) is 0 Å². The van der Waals surface area contributed by atoms with Gasteiger partial charge < -0.3 is 38.3 Å². The third-order valence-electron chi connectivity index (χ3n) is 7.50. The number of carbonyl (C=O) groups is 1. The molecule has 0 amide bonds. The first kappa shape index (κ1) is 35.4. The van der Waals surface area contributed by atoms with E-state index in [1.165, 1.54) is 14.0 Å². The van der Waals surface area contributed by atoms with Gasteiger partial charge in [-0.3, -0.25) is 4.79 Å². The van der Waals surface area contributed by atoms with Crippen molar-refractivity contribution in [3.8, 4) is 0 Å². The molecule has 0 unspecified atom stereocenters. The second-order valence-corrected chi connectivity index (χ2v) is 10.5. The first-order chi connectivity index (χ1) is 22.9. The molecule has 0 spiro atoms. The minimum Gasteiger partial charge on any atom is -0.463 e. The van der Waals surface area contributed by atoms with Crippen LogP contribution in [-0.4, -0.2) is 92.6 Å². The minimum absolute atomic E-state index is 0.0760. The van der Waals surface area contributed by atoms with Crippen LogP contribution in [0.2, 0.25) is 0 Å². The van der Waals surface area contributed by atoms with Crippen molar-refractivity contribution in [2.24, 2.45) is 15.3 Å². The summed E-state index contributed by atoms with van der Waals surface area (Å²) < 4.78 is 41.3.